The number of fused-ring (bicyclic) bond motifs is 9. The van der Waals surface area contributed by atoms with E-state index < -0.39 is 5.41 Å². The maximum absolute atomic E-state index is 6.25. The van der Waals surface area contributed by atoms with E-state index in [-0.39, 0.29) is 0 Å². The van der Waals surface area contributed by atoms with Crippen LogP contribution in [-0.2, 0) is 5.41 Å². The van der Waals surface area contributed by atoms with Crippen molar-refractivity contribution in [3.8, 4) is 39.6 Å². The van der Waals surface area contributed by atoms with Gasteiger partial charge in [-0.3, -0.25) is 0 Å². The summed E-state index contributed by atoms with van der Waals surface area (Å²) < 4.78 is 8.58. The molecule has 1 aliphatic rings. The van der Waals surface area contributed by atoms with Crippen molar-refractivity contribution < 1.29 is 4.42 Å². The van der Waals surface area contributed by atoms with Gasteiger partial charge in [-0.1, -0.05) is 146 Å². The Morgan fingerprint density at radius 1 is 0.404 bits per heavy atom. The highest BCUT2D eigenvalue weighted by molar-refractivity contribution is 6.09. The average Bonchev–Trinajstić information content (AvgIpc) is 3.93. The fraction of sp³-hybridized carbons (Fsp3) is 0.0192. The SMILES string of the molecule is c1ccc(C2(c3nc(-c4cccc(-n5c6ccccc6c6ccccc65)c4)nc(-c4ccc5oc6ccccc6c5c4)n3)c3ccccc3-c3ccccc32)cc1. The van der Waals surface area contributed by atoms with Crippen LogP contribution in [0.25, 0.3) is 83.3 Å². The molecule has 0 fully saturated rings. The summed E-state index contributed by atoms with van der Waals surface area (Å²) in [5.74, 6) is 1.87. The van der Waals surface area contributed by atoms with Gasteiger partial charge < -0.3 is 8.98 Å². The molecule has 0 spiro atoms. The van der Waals surface area contributed by atoms with Gasteiger partial charge in [0.05, 0.1) is 11.0 Å². The summed E-state index contributed by atoms with van der Waals surface area (Å²) in [5.41, 5.74) is 11.8. The van der Waals surface area contributed by atoms with Crippen molar-refractivity contribution in [3.63, 3.8) is 0 Å². The number of nitrogens with zero attached hydrogens (tertiary/aromatic N) is 4. The molecule has 0 N–H and O–H groups in total. The molecule has 0 unspecified atom stereocenters. The molecule has 0 atom stereocenters. The van der Waals surface area contributed by atoms with Gasteiger partial charge in [0.25, 0.3) is 0 Å². The van der Waals surface area contributed by atoms with Crippen LogP contribution in [0, 0.1) is 0 Å². The molecule has 0 radical (unpaired) electrons. The minimum Gasteiger partial charge on any atom is -0.456 e. The molecule has 8 aromatic carbocycles. The molecule has 5 heteroatoms. The molecule has 3 heterocycles. The lowest BCUT2D eigenvalue weighted by Gasteiger charge is -2.32. The molecule has 0 saturated carbocycles. The number of para-hydroxylation sites is 3. The van der Waals surface area contributed by atoms with Crippen LogP contribution in [0.2, 0.25) is 0 Å². The lowest BCUT2D eigenvalue weighted by molar-refractivity contribution is 0.669. The summed E-state index contributed by atoms with van der Waals surface area (Å²) in [5, 5.41) is 4.51. The zero-order valence-corrected chi connectivity index (χ0v) is 30.7. The zero-order valence-electron chi connectivity index (χ0n) is 30.7. The summed E-state index contributed by atoms with van der Waals surface area (Å²) in [7, 11) is 0. The summed E-state index contributed by atoms with van der Waals surface area (Å²) in [4.78, 5) is 16.4. The van der Waals surface area contributed by atoms with E-state index in [4.69, 9.17) is 19.4 Å². The first kappa shape index (κ1) is 31.7. The molecular formula is C52H32N4O. The van der Waals surface area contributed by atoms with E-state index in [1.165, 1.54) is 21.9 Å². The van der Waals surface area contributed by atoms with E-state index in [0.29, 0.717) is 17.5 Å². The second-order valence-corrected chi connectivity index (χ2v) is 14.7. The van der Waals surface area contributed by atoms with Gasteiger partial charge in [-0.2, -0.15) is 0 Å². The zero-order chi connectivity index (χ0) is 37.5. The van der Waals surface area contributed by atoms with Gasteiger partial charge in [-0.05, 0) is 76.3 Å². The van der Waals surface area contributed by atoms with Crippen LogP contribution in [0.4, 0.5) is 0 Å². The molecule has 0 aliphatic heterocycles. The number of rotatable bonds is 5. The minimum absolute atomic E-state index is 0.599. The van der Waals surface area contributed by atoms with E-state index in [1.807, 2.05) is 24.3 Å². The number of aromatic nitrogens is 4. The maximum Gasteiger partial charge on any atom is 0.163 e. The predicted octanol–water partition coefficient (Wildman–Crippen LogP) is 12.6. The van der Waals surface area contributed by atoms with Crippen molar-refractivity contribution in [2.24, 2.45) is 0 Å². The molecule has 11 aromatic rings. The quantitative estimate of drug-likeness (QED) is 0.177. The second kappa shape index (κ2) is 12.2. The van der Waals surface area contributed by atoms with Crippen molar-refractivity contribution in [1.29, 1.82) is 0 Å². The Kier molecular flexibility index (Phi) is 6.78. The molecule has 0 amide bonds. The highest BCUT2D eigenvalue weighted by atomic mass is 16.3. The van der Waals surface area contributed by atoms with Gasteiger partial charge in [-0.25, -0.2) is 15.0 Å². The predicted molar refractivity (Wildman–Crippen MR) is 230 cm³/mol. The Labute approximate surface area is 328 Å². The van der Waals surface area contributed by atoms with Crippen LogP contribution in [0.5, 0.6) is 0 Å². The lowest BCUT2D eigenvalue weighted by Crippen LogP contribution is -2.31. The smallest absolute Gasteiger partial charge is 0.163 e. The summed E-state index contributed by atoms with van der Waals surface area (Å²) in [6.45, 7) is 0. The van der Waals surface area contributed by atoms with Crippen LogP contribution in [-0.4, -0.2) is 19.5 Å². The molecule has 57 heavy (non-hydrogen) atoms. The molecular weight excluding hydrogens is 697 g/mol. The monoisotopic (exact) mass is 728 g/mol. The second-order valence-electron chi connectivity index (χ2n) is 14.7. The third-order valence-electron chi connectivity index (χ3n) is 11.7. The van der Waals surface area contributed by atoms with Gasteiger partial charge >= 0.3 is 0 Å². The number of hydrogen-bond donors (Lipinski definition) is 0. The molecule has 1 aliphatic carbocycles. The van der Waals surface area contributed by atoms with Gasteiger partial charge in [0.2, 0.25) is 0 Å². The summed E-state index contributed by atoms with van der Waals surface area (Å²) in [6.07, 6.45) is 0. The van der Waals surface area contributed by atoms with E-state index in [1.54, 1.807) is 0 Å². The molecule has 0 saturated heterocycles. The van der Waals surface area contributed by atoms with Gasteiger partial charge in [0.1, 0.15) is 16.6 Å². The molecule has 0 bridgehead atoms. The van der Waals surface area contributed by atoms with Crippen molar-refractivity contribution in [2.45, 2.75) is 5.41 Å². The molecule has 3 aromatic heterocycles. The standard InChI is InChI=1S/C52H32N4O/c1-2-16-35(17-3-1)52(43-24-9-4-19-37(43)38-20-5-10-25-44(38)52)51-54-49(53-50(55-51)34-29-30-48-42(32-34)41-23-8-13-28-47(41)57-48)33-15-14-18-36(31-33)56-45-26-11-6-21-39(45)40-22-7-12-27-46(40)56/h1-32H. The molecule has 12 rings (SSSR count). The van der Waals surface area contributed by atoms with Crippen molar-refractivity contribution in [2.75, 3.05) is 0 Å². The van der Waals surface area contributed by atoms with Crippen LogP contribution < -0.4 is 0 Å². The third-order valence-corrected chi connectivity index (χ3v) is 11.7. The van der Waals surface area contributed by atoms with Crippen LogP contribution in [0.15, 0.2) is 199 Å². The Bertz CT molecular complexity index is 3280. The maximum atomic E-state index is 6.25. The number of hydrogen-bond acceptors (Lipinski definition) is 4. The topological polar surface area (TPSA) is 56.7 Å². The summed E-state index contributed by atoms with van der Waals surface area (Å²) in [6, 6.07) is 68.3. The van der Waals surface area contributed by atoms with Crippen molar-refractivity contribution in [1.82, 2.24) is 19.5 Å². The fourth-order valence-corrected chi connectivity index (χ4v) is 9.26. The van der Waals surface area contributed by atoms with Gasteiger partial charge in [0, 0.05) is 38.4 Å². The molecule has 5 nitrogen and oxygen atoms in total. The molecule has 266 valence electrons. The minimum atomic E-state index is -0.808. The first-order valence-corrected chi connectivity index (χ1v) is 19.3. The van der Waals surface area contributed by atoms with Gasteiger partial charge in [0.15, 0.2) is 17.5 Å². The van der Waals surface area contributed by atoms with E-state index in [0.717, 1.165) is 66.5 Å². The number of benzene rings is 8. The average molecular weight is 729 g/mol. The van der Waals surface area contributed by atoms with E-state index >= 15 is 0 Å². The first-order chi connectivity index (χ1) is 28.3. The fourth-order valence-electron chi connectivity index (χ4n) is 9.26. The van der Waals surface area contributed by atoms with Crippen molar-refractivity contribution in [3.05, 3.63) is 217 Å². The largest absolute Gasteiger partial charge is 0.456 e. The van der Waals surface area contributed by atoms with E-state index in [2.05, 4.69) is 174 Å². The first-order valence-electron chi connectivity index (χ1n) is 19.3. The highest BCUT2D eigenvalue weighted by Crippen LogP contribution is 2.55. The Morgan fingerprint density at radius 2 is 0.965 bits per heavy atom. The lowest BCUT2D eigenvalue weighted by atomic mass is 9.71. The van der Waals surface area contributed by atoms with Crippen LogP contribution in [0.1, 0.15) is 22.5 Å². The van der Waals surface area contributed by atoms with Crippen LogP contribution in [0.3, 0.4) is 0 Å². The Hall–Kier alpha value is -7.63. The summed E-state index contributed by atoms with van der Waals surface area (Å²) >= 11 is 0. The third kappa shape index (κ3) is 4.60. The van der Waals surface area contributed by atoms with Gasteiger partial charge in [-0.15, -0.1) is 0 Å². The highest BCUT2D eigenvalue weighted by Gasteiger charge is 2.48. The Balaban J connectivity index is 1.15. The normalized spacial score (nSPS) is 13.1. The Morgan fingerprint density at radius 3 is 1.67 bits per heavy atom. The van der Waals surface area contributed by atoms with E-state index in [9.17, 15) is 0 Å². The van der Waals surface area contributed by atoms with Crippen LogP contribution >= 0.6 is 0 Å². The van der Waals surface area contributed by atoms with Crippen molar-refractivity contribution >= 4 is 43.7 Å². The number of furan rings is 1.